The molecule has 0 amide bonds. The molecular formula is C9H10F2O. The van der Waals surface area contributed by atoms with E-state index >= 15 is 0 Å². The molecule has 1 aromatic rings. The summed E-state index contributed by atoms with van der Waals surface area (Å²) in [4.78, 5) is 0. The molecule has 1 nitrogen and oxygen atoms in total. The van der Waals surface area contributed by atoms with Crippen molar-refractivity contribution in [2.24, 2.45) is 0 Å². The van der Waals surface area contributed by atoms with E-state index in [1.165, 1.54) is 12.1 Å². The van der Waals surface area contributed by atoms with Gasteiger partial charge >= 0.3 is 0 Å². The molecule has 1 atom stereocenters. The largest absolute Gasteiger partial charge is 0.379 e. The highest BCUT2D eigenvalue weighted by Gasteiger charge is 2.33. The average Bonchev–Trinajstić information content (AvgIpc) is 2.06. The number of aliphatic hydroxyl groups is 1. The van der Waals surface area contributed by atoms with Gasteiger partial charge in [-0.25, -0.2) is 8.78 Å². The first kappa shape index (κ1) is 9.13. The summed E-state index contributed by atoms with van der Waals surface area (Å²) in [6.07, 6.45) is -2.76. The molecule has 0 saturated carbocycles. The Morgan fingerprint density at radius 1 is 1.25 bits per heavy atom. The Bertz CT molecular complexity index is 244. The molecule has 0 fully saturated rings. The third kappa shape index (κ3) is 1.61. The van der Waals surface area contributed by atoms with Gasteiger partial charge in [0.05, 0.1) is 0 Å². The first-order valence-electron chi connectivity index (χ1n) is 3.61. The lowest BCUT2D eigenvalue weighted by Gasteiger charge is -2.22. The number of benzene rings is 1. The van der Waals surface area contributed by atoms with E-state index in [0.717, 1.165) is 6.92 Å². The third-order valence-electron chi connectivity index (χ3n) is 1.78. The van der Waals surface area contributed by atoms with Gasteiger partial charge in [0, 0.05) is 0 Å². The predicted molar refractivity (Wildman–Crippen MR) is 42.0 cm³/mol. The molecule has 3 heteroatoms. The van der Waals surface area contributed by atoms with Gasteiger partial charge in [-0.3, -0.25) is 0 Å². The van der Waals surface area contributed by atoms with E-state index < -0.39 is 12.0 Å². The number of hydrogen-bond acceptors (Lipinski definition) is 1. The zero-order chi connectivity index (χ0) is 9.19. The highest BCUT2D eigenvalue weighted by atomic mass is 19.3. The van der Waals surface area contributed by atoms with Crippen molar-refractivity contribution in [2.45, 2.75) is 19.0 Å². The summed E-state index contributed by atoms with van der Waals surface area (Å²) in [5.41, 5.74) is -1.80. The molecule has 0 spiro atoms. The van der Waals surface area contributed by atoms with E-state index in [-0.39, 0.29) is 5.56 Å². The van der Waals surface area contributed by atoms with E-state index in [9.17, 15) is 13.9 Å². The number of hydrogen-bond donors (Lipinski definition) is 1. The van der Waals surface area contributed by atoms with Gasteiger partial charge in [-0.05, 0) is 12.5 Å². The summed E-state index contributed by atoms with van der Waals surface area (Å²) in [5.74, 6) is 0. The summed E-state index contributed by atoms with van der Waals surface area (Å²) in [6, 6.07) is 7.90. The van der Waals surface area contributed by atoms with Gasteiger partial charge < -0.3 is 5.11 Å². The molecule has 0 heterocycles. The van der Waals surface area contributed by atoms with Crippen molar-refractivity contribution >= 4 is 0 Å². The average molecular weight is 172 g/mol. The monoisotopic (exact) mass is 172 g/mol. The Hall–Kier alpha value is -0.960. The van der Waals surface area contributed by atoms with Crippen molar-refractivity contribution < 1.29 is 13.9 Å². The van der Waals surface area contributed by atoms with Crippen molar-refractivity contribution in [1.29, 1.82) is 0 Å². The molecule has 0 aliphatic heterocycles. The Morgan fingerprint density at radius 2 is 1.75 bits per heavy atom. The number of alkyl halides is 2. The first-order chi connectivity index (χ1) is 5.55. The van der Waals surface area contributed by atoms with Crippen LogP contribution in [0.15, 0.2) is 30.3 Å². The number of rotatable bonds is 2. The van der Waals surface area contributed by atoms with Crippen LogP contribution in [-0.2, 0) is 5.60 Å². The molecule has 0 unspecified atom stereocenters. The molecule has 0 saturated heterocycles. The fourth-order valence-electron chi connectivity index (χ4n) is 0.902. The minimum atomic E-state index is -2.76. The van der Waals surface area contributed by atoms with Crippen molar-refractivity contribution in [2.75, 3.05) is 0 Å². The molecule has 0 aliphatic rings. The Kier molecular flexibility index (Phi) is 2.43. The van der Waals surface area contributed by atoms with Crippen LogP contribution >= 0.6 is 0 Å². The molecule has 1 rings (SSSR count). The molecule has 0 aliphatic carbocycles. The smallest absolute Gasteiger partial charge is 0.270 e. The van der Waals surface area contributed by atoms with Crippen LogP contribution in [0.5, 0.6) is 0 Å². The SMILES string of the molecule is C[C@@](O)(c1ccccc1)C(F)F. The van der Waals surface area contributed by atoms with Crippen LogP contribution in [0.25, 0.3) is 0 Å². The van der Waals surface area contributed by atoms with Crippen LogP contribution in [-0.4, -0.2) is 11.5 Å². The third-order valence-corrected chi connectivity index (χ3v) is 1.78. The van der Waals surface area contributed by atoms with Gasteiger partial charge in [-0.1, -0.05) is 30.3 Å². The molecule has 66 valence electrons. The minimum Gasteiger partial charge on any atom is -0.379 e. The summed E-state index contributed by atoms with van der Waals surface area (Å²) in [7, 11) is 0. The van der Waals surface area contributed by atoms with E-state index in [0.29, 0.717) is 0 Å². The van der Waals surface area contributed by atoms with Crippen LogP contribution in [0.1, 0.15) is 12.5 Å². The molecule has 1 aromatic carbocycles. The molecule has 12 heavy (non-hydrogen) atoms. The van der Waals surface area contributed by atoms with Crippen molar-refractivity contribution in [3.05, 3.63) is 35.9 Å². The summed E-state index contributed by atoms with van der Waals surface area (Å²) < 4.78 is 24.5. The summed E-state index contributed by atoms with van der Waals surface area (Å²) in [5, 5.41) is 9.31. The van der Waals surface area contributed by atoms with Gasteiger partial charge in [0.2, 0.25) is 0 Å². The summed E-state index contributed by atoms with van der Waals surface area (Å²) >= 11 is 0. The highest BCUT2D eigenvalue weighted by molar-refractivity contribution is 5.21. The van der Waals surface area contributed by atoms with Crippen LogP contribution in [0.2, 0.25) is 0 Å². The zero-order valence-corrected chi connectivity index (χ0v) is 6.67. The lowest BCUT2D eigenvalue weighted by Crippen LogP contribution is -2.30. The maximum Gasteiger partial charge on any atom is 0.270 e. The van der Waals surface area contributed by atoms with E-state index in [1.807, 2.05) is 0 Å². The second-order valence-electron chi connectivity index (χ2n) is 2.81. The molecule has 1 N–H and O–H groups in total. The lowest BCUT2D eigenvalue weighted by atomic mass is 9.97. The molecule has 0 bridgehead atoms. The molecule has 0 aromatic heterocycles. The van der Waals surface area contributed by atoms with Gasteiger partial charge in [-0.2, -0.15) is 0 Å². The quantitative estimate of drug-likeness (QED) is 0.724. The fourth-order valence-corrected chi connectivity index (χ4v) is 0.902. The lowest BCUT2D eigenvalue weighted by molar-refractivity contribution is -0.0883. The van der Waals surface area contributed by atoms with E-state index in [4.69, 9.17) is 0 Å². The van der Waals surface area contributed by atoms with Crippen LogP contribution in [0, 0.1) is 0 Å². The van der Waals surface area contributed by atoms with E-state index in [2.05, 4.69) is 0 Å². The topological polar surface area (TPSA) is 20.2 Å². The van der Waals surface area contributed by atoms with Gasteiger partial charge in [0.15, 0.2) is 0 Å². The molecular weight excluding hydrogens is 162 g/mol. The Morgan fingerprint density at radius 3 is 2.17 bits per heavy atom. The van der Waals surface area contributed by atoms with Crippen molar-refractivity contribution in [3.63, 3.8) is 0 Å². The fraction of sp³-hybridized carbons (Fsp3) is 0.333. The zero-order valence-electron chi connectivity index (χ0n) is 6.67. The normalized spacial score (nSPS) is 16.1. The minimum absolute atomic E-state index is 0.236. The molecule has 0 radical (unpaired) electrons. The van der Waals surface area contributed by atoms with Crippen LogP contribution in [0.3, 0.4) is 0 Å². The van der Waals surface area contributed by atoms with Crippen LogP contribution < -0.4 is 0 Å². The summed E-state index contributed by atoms with van der Waals surface area (Å²) in [6.45, 7) is 1.10. The highest BCUT2D eigenvalue weighted by Crippen LogP contribution is 2.26. The van der Waals surface area contributed by atoms with E-state index in [1.54, 1.807) is 18.2 Å². The van der Waals surface area contributed by atoms with Gasteiger partial charge in [0.25, 0.3) is 6.43 Å². The Labute approximate surface area is 69.7 Å². The second-order valence-corrected chi connectivity index (χ2v) is 2.81. The first-order valence-corrected chi connectivity index (χ1v) is 3.61. The number of halogens is 2. The van der Waals surface area contributed by atoms with Crippen molar-refractivity contribution in [3.8, 4) is 0 Å². The van der Waals surface area contributed by atoms with Gasteiger partial charge in [0.1, 0.15) is 5.60 Å². The second kappa shape index (κ2) is 3.19. The standard InChI is InChI=1S/C9H10F2O/c1-9(12,8(10)11)7-5-3-2-4-6-7/h2-6,8,12H,1H3/t9-/m1/s1. The van der Waals surface area contributed by atoms with Crippen molar-refractivity contribution in [1.82, 2.24) is 0 Å². The van der Waals surface area contributed by atoms with Gasteiger partial charge in [-0.15, -0.1) is 0 Å². The maximum atomic E-state index is 12.2. The predicted octanol–water partition coefficient (Wildman–Crippen LogP) is 2.16. The maximum absolute atomic E-state index is 12.2. The Balaban J connectivity index is 2.98. The van der Waals surface area contributed by atoms with Crippen LogP contribution in [0.4, 0.5) is 8.78 Å².